The molecule has 1 heteroatoms. The Morgan fingerprint density at radius 3 is 1.69 bits per heavy atom. The second-order valence-electron chi connectivity index (χ2n) is 14.4. The number of fused-ring (bicyclic) bond motifs is 2. The molecule has 4 aromatic rings. The van der Waals surface area contributed by atoms with Crippen LogP contribution in [0.5, 0.6) is 0 Å². The molecular formula is C47H65N. The molecule has 6 rings (SSSR count). The molecule has 0 unspecified atom stereocenters. The van der Waals surface area contributed by atoms with Crippen molar-refractivity contribution in [1.29, 1.82) is 0 Å². The molecule has 258 valence electrons. The van der Waals surface area contributed by atoms with Gasteiger partial charge in [-0.15, -0.1) is 0 Å². The second kappa shape index (κ2) is 22.8. The number of aliphatic imine (C=N–C) groups is 1. The van der Waals surface area contributed by atoms with Gasteiger partial charge in [-0.3, -0.25) is 4.99 Å². The third-order valence-electron chi connectivity index (χ3n) is 7.84. The van der Waals surface area contributed by atoms with E-state index in [-0.39, 0.29) is 0 Å². The Labute approximate surface area is 295 Å². The summed E-state index contributed by atoms with van der Waals surface area (Å²) in [6.07, 6.45) is 13.4. The Morgan fingerprint density at radius 1 is 0.521 bits per heavy atom. The zero-order chi connectivity index (χ0) is 35.3. The average molecular weight is 644 g/mol. The Kier molecular flexibility index (Phi) is 19.2. The molecular weight excluding hydrogens is 579 g/mol. The van der Waals surface area contributed by atoms with E-state index < -0.39 is 0 Å². The highest BCUT2D eigenvalue weighted by Gasteiger charge is 2.13. The van der Waals surface area contributed by atoms with Gasteiger partial charge < -0.3 is 0 Å². The molecule has 0 atom stereocenters. The molecule has 0 N–H and O–H groups in total. The minimum Gasteiger partial charge on any atom is -0.266 e. The monoisotopic (exact) mass is 644 g/mol. The lowest BCUT2D eigenvalue weighted by Gasteiger charge is -2.07. The largest absolute Gasteiger partial charge is 0.266 e. The van der Waals surface area contributed by atoms with E-state index in [1.54, 1.807) is 5.57 Å². The molecule has 0 radical (unpaired) electrons. The average Bonchev–Trinajstić information content (AvgIpc) is 3.72. The smallest absolute Gasteiger partial charge is 0.0366 e. The molecule has 2 aliphatic rings. The predicted molar refractivity (Wildman–Crippen MR) is 217 cm³/mol. The molecule has 0 amide bonds. The van der Waals surface area contributed by atoms with E-state index in [4.69, 9.17) is 0 Å². The van der Waals surface area contributed by atoms with Crippen LogP contribution in [0.2, 0.25) is 0 Å². The summed E-state index contributed by atoms with van der Waals surface area (Å²) in [5.41, 5.74) is 8.68. The zero-order valence-electron chi connectivity index (χ0n) is 32.0. The third kappa shape index (κ3) is 15.9. The van der Waals surface area contributed by atoms with Crippen LogP contribution in [-0.2, 0) is 19.3 Å². The fraction of sp³-hybridized carbons (Fsp3) is 0.426. The van der Waals surface area contributed by atoms with Crippen LogP contribution in [0, 0.1) is 23.7 Å². The van der Waals surface area contributed by atoms with Crippen LogP contribution in [0.4, 0.5) is 0 Å². The summed E-state index contributed by atoms with van der Waals surface area (Å²) in [6.45, 7) is 22.0. The van der Waals surface area contributed by atoms with E-state index in [1.165, 1.54) is 58.0 Å². The molecule has 0 saturated heterocycles. The first kappa shape index (κ1) is 40.5. The summed E-state index contributed by atoms with van der Waals surface area (Å²) in [7, 11) is 0. The van der Waals surface area contributed by atoms with Crippen LogP contribution < -0.4 is 0 Å². The van der Waals surface area contributed by atoms with Crippen molar-refractivity contribution in [3.05, 3.63) is 137 Å². The van der Waals surface area contributed by atoms with E-state index in [9.17, 15) is 0 Å². The fourth-order valence-electron chi connectivity index (χ4n) is 5.88. The lowest BCUT2D eigenvalue weighted by atomic mass is 9.98. The number of allylic oxidation sites excluding steroid dienone is 4. The summed E-state index contributed by atoms with van der Waals surface area (Å²) in [4.78, 5) is 4.21. The van der Waals surface area contributed by atoms with Crippen molar-refractivity contribution in [2.24, 2.45) is 28.7 Å². The molecule has 4 aromatic carbocycles. The number of hydrogen-bond acceptors (Lipinski definition) is 1. The summed E-state index contributed by atoms with van der Waals surface area (Å²) in [5.74, 6) is 3.00. The molecule has 0 aromatic heterocycles. The van der Waals surface area contributed by atoms with Gasteiger partial charge in [-0.2, -0.15) is 0 Å². The van der Waals surface area contributed by atoms with Crippen LogP contribution in [0.25, 0.3) is 16.3 Å². The van der Waals surface area contributed by atoms with Gasteiger partial charge in [0.15, 0.2) is 0 Å². The minimum absolute atomic E-state index is 0.733. The van der Waals surface area contributed by atoms with Gasteiger partial charge in [-0.05, 0) is 94.4 Å². The maximum Gasteiger partial charge on any atom is 0.0366 e. The highest BCUT2D eigenvalue weighted by Crippen LogP contribution is 2.31. The van der Waals surface area contributed by atoms with Crippen LogP contribution in [0.3, 0.4) is 0 Å². The lowest BCUT2D eigenvalue weighted by Crippen LogP contribution is -1.93. The van der Waals surface area contributed by atoms with Crippen LogP contribution in [0.15, 0.2) is 120 Å². The molecule has 48 heavy (non-hydrogen) atoms. The van der Waals surface area contributed by atoms with E-state index in [1.807, 2.05) is 20.1 Å². The summed E-state index contributed by atoms with van der Waals surface area (Å²) in [6, 6.07) is 34.6. The standard InChI is InChI=1S/C14H16.C13H16.C10H14.C8H13N.C2H6/c1-11(2)9-12-7-8-13-5-3-4-6-14(13)10-12;1-10(2)9-12-8-7-11-5-3-4-6-13(11)12;1-9(2)8-10-6-4-3-5-7-10;1-7(2)6-8-4-3-5-9-8;1-2/h3-8,10-11H,9H2,1-2H3;3-6,8,10H,7,9H2,1-2H3;3-7,9H,8H2,1-2H3;4-5,7H,3,6H2,1-2H3;1-2H3. The molecule has 0 bridgehead atoms. The van der Waals surface area contributed by atoms with Crippen molar-refractivity contribution in [3.8, 4) is 0 Å². The maximum atomic E-state index is 4.21. The van der Waals surface area contributed by atoms with Crippen LogP contribution in [0.1, 0.15) is 111 Å². The first-order valence-corrected chi connectivity index (χ1v) is 18.6. The SMILES string of the molecule is CC.CC(C)CC1=CCC=N1.CC(C)CC1=CCc2ccccc21.CC(C)Cc1ccc2ccccc2c1.CC(C)Cc1ccccc1. The zero-order valence-corrected chi connectivity index (χ0v) is 32.0. The van der Waals surface area contributed by atoms with Crippen molar-refractivity contribution in [2.45, 2.75) is 108 Å². The highest BCUT2D eigenvalue weighted by atomic mass is 14.7. The maximum absolute atomic E-state index is 4.21. The molecule has 0 spiro atoms. The van der Waals surface area contributed by atoms with Gasteiger partial charge in [0.25, 0.3) is 0 Å². The third-order valence-corrected chi connectivity index (χ3v) is 7.84. The Morgan fingerprint density at radius 2 is 1.08 bits per heavy atom. The Balaban J connectivity index is 0.000000222. The summed E-state index contributed by atoms with van der Waals surface area (Å²) < 4.78 is 0. The second-order valence-corrected chi connectivity index (χ2v) is 14.4. The molecule has 1 aliphatic carbocycles. The van der Waals surface area contributed by atoms with Crippen LogP contribution >= 0.6 is 0 Å². The molecule has 0 saturated carbocycles. The fourth-order valence-corrected chi connectivity index (χ4v) is 5.88. The van der Waals surface area contributed by atoms with E-state index >= 15 is 0 Å². The first-order chi connectivity index (χ1) is 23.1. The number of rotatable bonds is 8. The van der Waals surface area contributed by atoms with Gasteiger partial charge in [-0.25, -0.2) is 0 Å². The van der Waals surface area contributed by atoms with Gasteiger partial charge in [-0.1, -0.05) is 178 Å². The summed E-state index contributed by atoms with van der Waals surface area (Å²) in [5, 5.41) is 2.69. The van der Waals surface area contributed by atoms with E-state index in [0.717, 1.165) is 42.9 Å². The lowest BCUT2D eigenvalue weighted by molar-refractivity contribution is 0.640. The van der Waals surface area contributed by atoms with E-state index in [0.29, 0.717) is 0 Å². The number of nitrogens with zero attached hydrogens (tertiary/aromatic N) is 1. The van der Waals surface area contributed by atoms with Crippen molar-refractivity contribution in [3.63, 3.8) is 0 Å². The molecule has 1 aliphatic heterocycles. The summed E-state index contributed by atoms with van der Waals surface area (Å²) >= 11 is 0. The molecule has 1 nitrogen and oxygen atoms in total. The van der Waals surface area contributed by atoms with Gasteiger partial charge in [0.2, 0.25) is 0 Å². The van der Waals surface area contributed by atoms with Gasteiger partial charge in [0.1, 0.15) is 0 Å². The number of hydrogen-bond donors (Lipinski definition) is 0. The molecule has 0 fully saturated rings. The van der Waals surface area contributed by atoms with Gasteiger partial charge >= 0.3 is 0 Å². The topological polar surface area (TPSA) is 12.4 Å². The van der Waals surface area contributed by atoms with Crippen molar-refractivity contribution >= 4 is 22.6 Å². The quantitative estimate of drug-likeness (QED) is 0.181. The van der Waals surface area contributed by atoms with Gasteiger partial charge in [0, 0.05) is 18.3 Å². The van der Waals surface area contributed by atoms with Crippen LogP contribution in [-0.4, -0.2) is 6.21 Å². The number of benzene rings is 4. The van der Waals surface area contributed by atoms with Crippen molar-refractivity contribution in [2.75, 3.05) is 0 Å². The Hall–Kier alpha value is -3.71. The van der Waals surface area contributed by atoms with Crippen molar-refractivity contribution < 1.29 is 0 Å². The minimum atomic E-state index is 0.733. The first-order valence-electron chi connectivity index (χ1n) is 18.6. The normalized spacial score (nSPS) is 12.6. The Bertz CT molecular complexity index is 1530. The van der Waals surface area contributed by atoms with E-state index in [2.05, 4.69) is 170 Å². The predicted octanol–water partition coefficient (Wildman–Crippen LogP) is 14.0. The van der Waals surface area contributed by atoms with Crippen molar-refractivity contribution in [1.82, 2.24) is 0 Å². The molecule has 1 heterocycles. The highest BCUT2D eigenvalue weighted by molar-refractivity contribution is 5.83. The van der Waals surface area contributed by atoms with Gasteiger partial charge in [0.05, 0.1) is 0 Å².